The molecular formula is C16H26N2O5S. The average Bonchev–Trinajstić information content (AvgIpc) is 3.19. The molecule has 1 aliphatic carbocycles. The van der Waals surface area contributed by atoms with Crippen LogP contribution in [0.15, 0.2) is 24.8 Å². The molecule has 1 rings (SSSR count). The Morgan fingerprint density at radius 1 is 1.29 bits per heavy atom. The van der Waals surface area contributed by atoms with Gasteiger partial charge in [0.15, 0.2) is 0 Å². The van der Waals surface area contributed by atoms with E-state index in [1.165, 1.54) is 13.0 Å². The first-order valence-electron chi connectivity index (χ1n) is 7.68. The fourth-order valence-corrected chi connectivity index (χ4v) is 3.40. The molecule has 2 amide bonds. The Hall–Kier alpha value is -1.83. The van der Waals surface area contributed by atoms with Crippen molar-refractivity contribution in [2.24, 2.45) is 0 Å². The highest BCUT2D eigenvalue weighted by molar-refractivity contribution is 7.90. The van der Waals surface area contributed by atoms with Crippen molar-refractivity contribution in [3.05, 3.63) is 24.8 Å². The lowest BCUT2D eigenvalue weighted by Crippen LogP contribution is -2.61. The van der Waals surface area contributed by atoms with Crippen LogP contribution in [0, 0.1) is 0 Å². The summed E-state index contributed by atoms with van der Waals surface area (Å²) in [6.07, 6.45) is 1.59. The van der Waals surface area contributed by atoms with E-state index in [9.17, 15) is 18.0 Å². The molecule has 0 radical (unpaired) electrons. The molecule has 0 unspecified atom stereocenters. The zero-order valence-corrected chi connectivity index (χ0v) is 15.5. The molecule has 1 fully saturated rings. The van der Waals surface area contributed by atoms with Crippen molar-refractivity contribution in [1.82, 2.24) is 10.0 Å². The van der Waals surface area contributed by atoms with E-state index in [0.717, 1.165) is 0 Å². The van der Waals surface area contributed by atoms with Gasteiger partial charge in [-0.25, -0.2) is 13.2 Å². The van der Waals surface area contributed by atoms with Gasteiger partial charge in [0, 0.05) is 6.42 Å². The second-order valence-electron chi connectivity index (χ2n) is 6.98. The average molecular weight is 358 g/mol. The van der Waals surface area contributed by atoms with Crippen LogP contribution in [0.25, 0.3) is 0 Å². The summed E-state index contributed by atoms with van der Waals surface area (Å²) in [7, 11) is -3.76. The number of amides is 2. The van der Waals surface area contributed by atoms with Crippen LogP contribution < -0.4 is 10.0 Å². The van der Waals surface area contributed by atoms with Crippen LogP contribution in [0.5, 0.6) is 0 Å². The molecule has 24 heavy (non-hydrogen) atoms. The zero-order valence-electron chi connectivity index (χ0n) is 14.6. The van der Waals surface area contributed by atoms with Gasteiger partial charge in [0.2, 0.25) is 10.0 Å². The van der Waals surface area contributed by atoms with Gasteiger partial charge in [0.1, 0.15) is 11.1 Å². The molecule has 136 valence electrons. The van der Waals surface area contributed by atoms with Crippen LogP contribution in [0.4, 0.5) is 4.79 Å². The number of hydrogen-bond donors (Lipinski definition) is 2. The number of carbonyl (C=O) groups is 2. The minimum Gasteiger partial charge on any atom is -0.444 e. The number of alkyl carbamates (subject to hydrolysis) is 1. The summed E-state index contributed by atoms with van der Waals surface area (Å²) in [5, 5.41) is 1.90. The summed E-state index contributed by atoms with van der Waals surface area (Å²) in [4.78, 5) is 24.8. The van der Waals surface area contributed by atoms with E-state index in [2.05, 4.69) is 18.5 Å². The van der Waals surface area contributed by atoms with E-state index < -0.39 is 38.4 Å². The van der Waals surface area contributed by atoms with E-state index in [4.69, 9.17) is 4.74 Å². The molecule has 1 atom stereocenters. The molecule has 8 heteroatoms. The van der Waals surface area contributed by atoms with E-state index >= 15 is 0 Å². The number of sulfonamides is 1. The van der Waals surface area contributed by atoms with Crippen LogP contribution in [-0.2, 0) is 19.6 Å². The second kappa shape index (κ2) is 6.96. The fourth-order valence-electron chi connectivity index (χ4n) is 2.05. The molecule has 0 heterocycles. The highest BCUT2D eigenvalue weighted by Gasteiger charge is 2.45. The van der Waals surface area contributed by atoms with Gasteiger partial charge in [0.25, 0.3) is 5.91 Å². The van der Waals surface area contributed by atoms with Crippen molar-refractivity contribution in [3.8, 4) is 0 Å². The van der Waals surface area contributed by atoms with Gasteiger partial charge in [-0.2, -0.15) is 0 Å². The van der Waals surface area contributed by atoms with Gasteiger partial charge >= 0.3 is 6.09 Å². The SMILES string of the molecule is C=CC[C@](NC(=O)OC(C)(C)C)(C(=C)C)C(=O)NS(=O)(=O)C1CC1. The summed E-state index contributed by atoms with van der Waals surface area (Å²) in [6, 6.07) is 0. The zero-order chi connectivity index (χ0) is 18.8. The van der Waals surface area contributed by atoms with Crippen LogP contribution in [0.1, 0.15) is 47.0 Å². The van der Waals surface area contributed by atoms with Crippen molar-refractivity contribution in [3.63, 3.8) is 0 Å². The van der Waals surface area contributed by atoms with Gasteiger partial charge in [-0.15, -0.1) is 6.58 Å². The quantitative estimate of drug-likeness (QED) is 0.678. The Labute approximate surface area is 143 Å². The van der Waals surface area contributed by atoms with Gasteiger partial charge in [0.05, 0.1) is 5.25 Å². The molecule has 0 aromatic rings. The molecule has 7 nitrogen and oxygen atoms in total. The minimum absolute atomic E-state index is 0.0202. The van der Waals surface area contributed by atoms with Crippen LogP contribution >= 0.6 is 0 Å². The van der Waals surface area contributed by atoms with Gasteiger partial charge in [-0.05, 0) is 46.1 Å². The molecule has 2 N–H and O–H groups in total. The summed E-state index contributed by atoms with van der Waals surface area (Å²) < 4.78 is 31.3. The standard InChI is InChI=1S/C16H26N2O5S/c1-7-10-16(11(2)3,17-14(20)23-15(4,5)6)13(19)18-24(21,22)12-8-9-12/h7,12H,1-2,8-10H2,3-6H3,(H,17,20)(H,18,19)/t16-/m0/s1. The third-order valence-corrected chi connectivity index (χ3v) is 5.30. The Kier molecular flexibility index (Phi) is 5.86. The topological polar surface area (TPSA) is 102 Å². The van der Waals surface area contributed by atoms with E-state index in [-0.39, 0.29) is 12.0 Å². The number of ether oxygens (including phenoxy) is 1. The maximum Gasteiger partial charge on any atom is 0.408 e. The number of carbonyl (C=O) groups excluding carboxylic acids is 2. The second-order valence-corrected chi connectivity index (χ2v) is 8.94. The molecule has 0 bridgehead atoms. The minimum atomic E-state index is -3.76. The Balaban J connectivity index is 3.08. The molecule has 0 aliphatic heterocycles. The molecule has 0 saturated heterocycles. The summed E-state index contributed by atoms with van der Waals surface area (Å²) >= 11 is 0. The normalized spacial score (nSPS) is 17.3. The third-order valence-electron chi connectivity index (χ3n) is 3.48. The van der Waals surface area contributed by atoms with Crippen LogP contribution in [-0.4, -0.2) is 36.8 Å². The maximum atomic E-state index is 12.7. The van der Waals surface area contributed by atoms with E-state index in [1.807, 2.05) is 4.72 Å². The van der Waals surface area contributed by atoms with Gasteiger partial charge in [-0.3, -0.25) is 9.52 Å². The third kappa shape index (κ3) is 5.09. The molecule has 0 aromatic carbocycles. The van der Waals surface area contributed by atoms with Crippen LogP contribution in [0.2, 0.25) is 0 Å². The molecule has 1 aliphatic rings. The van der Waals surface area contributed by atoms with E-state index in [1.54, 1.807) is 20.8 Å². The Bertz CT molecular complexity index is 644. The lowest BCUT2D eigenvalue weighted by atomic mass is 9.87. The highest BCUT2D eigenvalue weighted by atomic mass is 32.2. The van der Waals surface area contributed by atoms with Crippen molar-refractivity contribution in [2.45, 2.75) is 63.3 Å². The smallest absolute Gasteiger partial charge is 0.408 e. The van der Waals surface area contributed by atoms with Crippen molar-refractivity contribution in [2.75, 3.05) is 0 Å². The van der Waals surface area contributed by atoms with Crippen molar-refractivity contribution < 1.29 is 22.7 Å². The van der Waals surface area contributed by atoms with Gasteiger partial charge < -0.3 is 10.1 Å². The summed E-state index contributed by atoms with van der Waals surface area (Å²) in [5.74, 6) is -0.868. The lowest BCUT2D eigenvalue weighted by Gasteiger charge is -2.33. The largest absolute Gasteiger partial charge is 0.444 e. The highest BCUT2D eigenvalue weighted by Crippen LogP contribution is 2.29. The summed E-state index contributed by atoms with van der Waals surface area (Å²) in [5.41, 5.74) is -2.14. The molecule has 0 aromatic heterocycles. The molecule has 1 saturated carbocycles. The predicted molar refractivity (Wildman–Crippen MR) is 91.8 cm³/mol. The first kappa shape index (κ1) is 20.2. The van der Waals surface area contributed by atoms with Crippen molar-refractivity contribution >= 4 is 22.0 Å². The van der Waals surface area contributed by atoms with Crippen molar-refractivity contribution in [1.29, 1.82) is 0 Å². The first-order valence-corrected chi connectivity index (χ1v) is 9.23. The van der Waals surface area contributed by atoms with Crippen LogP contribution in [0.3, 0.4) is 0 Å². The van der Waals surface area contributed by atoms with Gasteiger partial charge in [-0.1, -0.05) is 12.7 Å². The predicted octanol–water partition coefficient (Wildman–Crippen LogP) is 2.01. The Morgan fingerprint density at radius 2 is 1.83 bits per heavy atom. The maximum absolute atomic E-state index is 12.7. The lowest BCUT2D eigenvalue weighted by molar-refractivity contribution is -0.124. The number of hydrogen-bond acceptors (Lipinski definition) is 5. The summed E-state index contributed by atoms with van der Waals surface area (Å²) in [6.45, 7) is 13.9. The Morgan fingerprint density at radius 3 is 2.21 bits per heavy atom. The molecular weight excluding hydrogens is 332 g/mol. The van der Waals surface area contributed by atoms with E-state index in [0.29, 0.717) is 12.8 Å². The fraction of sp³-hybridized carbons (Fsp3) is 0.625. The first-order chi connectivity index (χ1) is 10.8. The monoisotopic (exact) mass is 358 g/mol. The number of rotatable bonds is 7. The molecule has 0 spiro atoms. The number of nitrogens with one attached hydrogen (secondary N) is 2.